The van der Waals surface area contributed by atoms with Crippen LogP contribution in [0.4, 0.5) is 0 Å². The summed E-state index contributed by atoms with van der Waals surface area (Å²) in [5.41, 5.74) is 0. The molecule has 102 valence electrons. The lowest BCUT2D eigenvalue weighted by molar-refractivity contribution is -0.151. The first-order valence-corrected chi connectivity index (χ1v) is 7.17. The van der Waals surface area contributed by atoms with Crippen molar-refractivity contribution < 1.29 is 14.3 Å². The fraction of sp³-hybridized carbons (Fsp3) is 0.857. The highest BCUT2D eigenvalue weighted by Gasteiger charge is 2.33. The maximum absolute atomic E-state index is 12.3. The van der Waals surface area contributed by atoms with E-state index in [1.165, 1.54) is 12.8 Å². The molecule has 0 spiro atoms. The van der Waals surface area contributed by atoms with Gasteiger partial charge >= 0.3 is 5.97 Å². The summed E-state index contributed by atoms with van der Waals surface area (Å²) in [6.07, 6.45) is 6.17. The highest BCUT2D eigenvalue weighted by molar-refractivity contribution is 5.80. The number of hydrogen-bond acceptors (Lipinski definition) is 3. The first kappa shape index (κ1) is 13.4. The van der Waals surface area contributed by atoms with Crippen molar-refractivity contribution in [2.24, 2.45) is 11.8 Å². The van der Waals surface area contributed by atoms with Gasteiger partial charge in [0.15, 0.2) is 0 Å². The highest BCUT2D eigenvalue weighted by atomic mass is 16.5. The predicted molar refractivity (Wildman–Crippen MR) is 67.9 cm³/mol. The van der Waals surface area contributed by atoms with Gasteiger partial charge in [0, 0.05) is 19.0 Å². The number of hydrogen-bond donors (Lipinski definition) is 0. The summed E-state index contributed by atoms with van der Waals surface area (Å²) in [5, 5.41) is 0. The van der Waals surface area contributed by atoms with Crippen LogP contribution in [0.3, 0.4) is 0 Å². The third-order valence-corrected chi connectivity index (χ3v) is 4.06. The van der Waals surface area contributed by atoms with E-state index in [2.05, 4.69) is 0 Å². The van der Waals surface area contributed by atoms with Crippen molar-refractivity contribution in [2.45, 2.75) is 45.4 Å². The SMILES string of the molecule is CCOC(=O)C1CCCN(C(=O)C2CCCC2)C1. The van der Waals surface area contributed by atoms with E-state index in [4.69, 9.17) is 4.74 Å². The Morgan fingerprint density at radius 3 is 2.44 bits per heavy atom. The lowest BCUT2D eigenvalue weighted by atomic mass is 9.96. The zero-order chi connectivity index (χ0) is 13.0. The molecule has 1 heterocycles. The van der Waals surface area contributed by atoms with Gasteiger partial charge in [0.25, 0.3) is 0 Å². The van der Waals surface area contributed by atoms with E-state index in [9.17, 15) is 9.59 Å². The lowest BCUT2D eigenvalue weighted by Gasteiger charge is -2.33. The minimum atomic E-state index is -0.138. The van der Waals surface area contributed by atoms with Crippen molar-refractivity contribution in [1.29, 1.82) is 0 Å². The lowest BCUT2D eigenvalue weighted by Crippen LogP contribution is -2.44. The molecule has 1 atom stereocenters. The molecule has 1 aliphatic heterocycles. The van der Waals surface area contributed by atoms with E-state index >= 15 is 0 Å². The van der Waals surface area contributed by atoms with Crippen LogP contribution in [0.1, 0.15) is 45.4 Å². The molecular formula is C14H23NO3. The molecular weight excluding hydrogens is 230 g/mol. The second-order valence-corrected chi connectivity index (χ2v) is 5.36. The van der Waals surface area contributed by atoms with Crippen molar-refractivity contribution in [3.63, 3.8) is 0 Å². The van der Waals surface area contributed by atoms with Crippen LogP contribution in [0.2, 0.25) is 0 Å². The molecule has 0 radical (unpaired) electrons. The zero-order valence-electron chi connectivity index (χ0n) is 11.2. The molecule has 4 heteroatoms. The van der Waals surface area contributed by atoms with Gasteiger partial charge < -0.3 is 9.64 Å². The Hall–Kier alpha value is -1.06. The van der Waals surface area contributed by atoms with Crippen LogP contribution in [0.15, 0.2) is 0 Å². The van der Waals surface area contributed by atoms with Crippen molar-refractivity contribution in [3.05, 3.63) is 0 Å². The van der Waals surface area contributed by atoms with Gasteiger partial charge in [-0.15, -0.1) is 0 Å². The summed E-state index contributed by atoms with van der Waals surface area (Å²) in [6, 6.07) is 0. The van der Waals surface area contributed by atoms with Gasteiger partial charge in [0.05, 0.1) is 12.5 Å². The highest BCUT2D eigenvalue weighted by Crippen LogP contribution is 2.28. The van der Waals surface area contributed by atoms with Gasteiger partial charge in [0.1, 0.15) is 0 Å². The van der Waals surface area contributed by atoms with Gasteiger partial charge in [-0.1, -0.05) is 12.8 Å². The maximum atomic E-state index is 12.3. The van der Waals surface area contributed by atoms with Crippen LogP contribution in [-0.2, 0) is 14.3 Å². The number of nitrogens with zero attached hydrogens (tertiary/aromatic N) is 1. The normalized spacial score (nSPS) is 25.2. The molecule has 1 aliphatic carbocycles. The second kappa shape index (κ2) is 6.21. The third-order valence-electron chi connectivity index (χ3n) is 4.06. The van der Waals surface area contributed by atoms with E-state index in [-0.39, 0.29) is 23.7 Å². The molecule has 0 bridgehead atoms. The number of rotatable bonds is 3. The fourth-order valence-electron chi connectivity index (χ4n) is 3.06. The number of carbonyl (C=O) groups excluding carboxylic acids is 2. The van der Waals surface area contributed by atoms with Crippen molar-refractivity contribution in [3.8, 4) is 0 Å². The van der Waals surface area contributed by atoms with Crippen molar-refractivity contribution in [2.75, 3.05) is 19.7 Å². The molecule has 2 aliphatic rings. The van der Waals surface area contributed by atoms with Gasteiger partial charge in [-0.05, 0) is 32.6 Å². The Morgan fingerprint density at radius 1 is 1.11 bits per heavy atom. The summed E-state index contributed by atoms with van der Waals surface area (Å²) in [7, 11) is 0. The average Bonchev–Trinajstić information content (AvgIpc) is 2.92. The summed E-state index contributed by atoms with van der Waals surface area (Å²) in [4.78, 5) is 25.9. The second-order valence-electron chi connectivity index (χ2n) is 5.36. The Bertz CT molecular complexity index is 310. The Kier molecular flexibility index (Phi) is 4.61. The zero-order valence-corrected chi connectivity index (χ0v) is 11.2. The molecule has 0 N–H and O–H groups in total. The van der Waals surface area contributed by atoms with Crippen LogP contribution in [0.25, 0.3) is 0 Å². The van der Waals surface area contributed by atoms with E-state index in [1.54, 1.807) is 0 Å². The molecule has 2 fully saturated rings. The molecule has 0 aromatic carbocycles. The molecule has 1 saturated carbocycles. The van der Waals surface area contributed by atoms with Crippen LogP contribution in [-0.4, -0.2) is 36.5 Å². The first-order valence-electron chi connectivity index (χ1n) is 7.17. The standard InChI is InChI=1S/C14H23NO3/c1-2-18-14(17)12-8-5-9-15(10-12)13(16)11-6-3-4-7-11/h11-12H,2-10H2,1H3. The average molecular weight is 253 g/mol. The van der Waals surface area contributed by atoms with Gasteiger partial charge in [0.2, 0.25) is 5.91 Å². The molecule has 2 rings (SSSR count). The molecule has 4 nitrogen and oxygen atoms in total. The summed E-state index contributed by atoms with van der Waals surface area (Å²) < 4.78 is 5.06. The molecule has 18 heavy (non-hydrogen) atoms. The predicted octanol–water partition coefficient (Wildman–Crippen LogP) is 1.98. The fourth-order valence-corrected chi connectivity index (χ4v) is 3.06. The minimum absolute atomic E-state index is 0.107. The first-order chi connectivity index (χ1) is 8.72. The number of amides is 1. The van der Waals surface area contributed by atoms with Crippen LogP contribution < -0.4 is 0 Å². The summed E-state index contributed by atoms with van der Waals surface area (Å²) in [5.74, 6) is 0.234. The number of esters is 1. The van der Waals surface area contributed by atoms with Gasteiger partial charge in [-0.2, -0.15) is 0 Å². The number of likely N-dealkylation sites (tertiary alicyclic amines) is 1. The van der Waals surface area contributed by atoms with Crippen molar-refractivity contribution >= 4 is 11.9 Å². The Labute approximate surface area is 109 Å². The molecule has 0 aromatic heterocycles. The molecule has 1 amide bonds. The van der Waals surface area contributed by atoms with E-state index in [1.807, 2.05) is 11.8 Å². The van der Waals surface area contributed by atoms with Gasteiger partial charge in [-0.3, -0.25) is 9.59 Å². The number of piperidine rings is 1. The Morgan fingerprint density at radius 2 is 1.78 bits per heavy atom. The third kappa shape index (κ3) is 3.03. The van der Waals surface area contributed by atoms with Crippen LogP contribution in [0, 0.1) is 11.8 Å². The summed E-state index contributed by atoms with van der Waals surface area (Å²) in [6.45, 7) is 3.62. The largest absolute Gasteiger partial charge is 0.466 e. The number of carbonyl (C=O) groups is 2. The molecule has 1 unspecified atom stereocenters. The van der Waals surface area contributed by atoms with Crippen LogP contribution >= 0.6 is 0 Å². The van der Waals surface area contributed by atoms with Crippen LogP contribution in [0.5, 0.6) is 0 Å². The van der Waals surface area contributed by atoms with E-state index in [0.29, 0.717) is 13.2 Å². The monoisotopic (exact) mass is 253 g/mol. The smallest absolute Gasteiger partial charge is 0.310 e. The van der Waals surface area contributed by atoms with E-state index in [0.717, 1.165) is 32.2 Å². The quantitative estimate of drug-likeness (QED) is 0.722. The van der Waals surface area contributed by atoms with E-state index < -0.39 is 0 Å². The number of ether oxygens (including phenoxy) is 1. The summed E-state index contributed by atoms with van der Waals surface area (Å²) >= 11 is 0. The topological polar surface area (TPSA) is 46.6 Å². The van der Waals surface area contributed by atoms with Gasteiger partial charge in [-0.25, -0.2) is 0 Å². The minimum Gasteiger partial charge on any atom is -0.466 e. The Balaban J connectivity index is 1.89. The molecule has 1 saturated heterocycles. The van der Waals surface area contributed by atoms with Crippen molar-refractivity contribution in [1.82, 2.24) is 4.90 Å². The maximum Gasteiger partial charge on any atom is 0.310 e. The molecule has 0 aromatic rings.